The summed E-state index contributed by atoms with van der Waals surface area (Å²) in [4.78, 5) is 14.6. The molecule has 104 valence electrons. The van der Waals surface area contributed by atoms with Crippen LogP contribution in [0.25, 0.3) is 0 Å². The van der Waals surface area contributed by atoms with Gasteiger partial charge in [-0.25, -0.2) is 18.2 Å². The fourth-order valence-electron chi connectivity index (χ4n) is 1.52. The first kappa shape index (κ1) is 14.0. The number of aromatic carboxylic acids is 1. The number of carboxylic acids is 1. The Hall–Kier alpha value is -2.41. The Balaban J connectivity index is 2.31. The van der Waals surface area contributed by atoms with E-state index in [1.807, 2.05) is 6.92 Å². The Labute approximate surface area is 116 Å². The molecule has 0 bridgehead atoms. The zero-order valence-electron chi connectivity index (χ0n) is 10.6. The van der Waals surface area contributed by atoms with Gasteiger partial charge in [0.2, 0.25) is 0 Å². The SMILES string of the molecule is Cc1ccc(S(=O)(=O)Nc2cccc(C(=O)O)n2)cc1. The molecule has 0 radical (unpaired) electrons. The first-order valence-corrected chi connectivity index (χ1v) is 7.17. The van der Waals surface area contributed by atoms with Crippen molar-refractivity contribution in [3.05, 3.63) is 53.7 Å². The number of anilines is 1. The maximum absolute atomic E-state index is 12.1. The zero-order chi connectivity index (χ0) is 14.8. The maximum atomic E-state index is 12.1. The van der Waals surface area contributed by atoms with Gasteiger partial charge in [0.15, 0.2) is 5.69 Å². The van der Waals surface area contributed by atoms with E-state index in [9.17, 15) is 13.2 Å². The molecule has 0 atom stereocenters. The molecule has 0 aliphatic carbocycles. The van der Waals surface area contributed by atoms with Crippen molar-refractivity contribution in [2.24, 2.45) is 0 Å². The zero-order valence-corrected chi connectivity index (χ0v) is 11.4. The quantitative estimate of drug-likeness (QED) is 0.897. The Morgan fingerprint density at radius 1 is 1.15 bits per heavy atom. The van der Waals surface area contributed by atoms with Crippen molar-refractivity contribution < 1.29 is 18.3 Å². The standard InChI is InChI=1S/C13H12N2O4S/c1-9-5-7-10(8-6-9)20(18,19)15-12-4-2-3-11(14-12)13(16)17/h2-8H,1H3,(H,14,15)(H,16,17). The van der Waals surface area contributed by atoms with E-state index in [1.54, 1.807) is 12.1 Å². The van der Waals surface area contributed by atoms with Gasteiger partial charge >= 0.3 is 5.97 Å². The molecule has 0 saturated carbocycles. The topological polar surface area (TPSA) is 96.4 Å². The molecule has 0 aliphatic heterocycles. The van der Waals surface area contributed by atoms with Gasteiger partial charge in [0.1, 0.15) is 5.82 Å². The van der Waals surface area contributed by atoms with Crippen molar-refractivity contribution in [2.75, 3.05) is 4.72 Å². The molecule has 1 heterocycles. The number of sulfonamides is 1. The normalized spacial score (nSPS) is 11.1. The predicted octanol–water partition coefficient (Wildman–Crippen LogP) is 1.89. The van der Waals surface area contributed by atoms with E-state index in [-0.39, 0.29) is 16.4 Å². The van der Waals surface area contributed by atoms with Gasteiger partial charge in [-0.15, -0.1) is 0 Å². The second-order valence-electron chi connectivity index (χ2n) is 4.13. The number of rotatable bonds is 4. The minimum atomic E-state index is -3.78. The molecule has 0 aliphatic rings. The number of carbonyl (C=O) groups is 1. The van der Waals surface area contributed by atoms with Crippen LogP contribution >= 0.6 is 0 Å². The number of benzene rings is 1. The molecule has 1 aromatic heterocycles. The van der Waals surface area contributed by atoms with Crippen LogP contribution in [-0.4, -0.2) is 24.5 Å². The summed E-state index contributed by atoms with van der Waals surface area (Å²) < 4.78 is 26.4. The van der Waals surface area contributed by atoms with Gasteiger partial charge in [-0.3, -0.25) is 4.72 Å². The molecular weight excluding hydrogens is 280 g/mol. The average molecular weight is 292 g/mol. The van der Waals surface area contributed by atoms with E-state index >= 15 is 0 Å². The summed E-state index contributed by atoms with van der Waals surface area (Å²) in [6.07, 6.45) is 0. The van der Waals surface area contributed by atoms with E-state index in [4.69, 9.17) is 5.11 Å². The molecule has 2 aromatic rings. The molecule has 2 N–H and O–H groups in total. The second-order valence-corrected chi connectivity index (χ2v) is 5.81. The van der Waals surface area contributed by atoms with Crippen molar-refractivity contribution in [3.8, 4) is 0 Å². The summed E-state index contributed by atoms with van der Waals surface area (Å²) in [5.41, 5.74) is 0.712. The first-order chi connectivity index (χ1) is 9.38. The second kappa shape index (κ2) is 5.30. The molecular formula is C13H12N2O4S. The van der Waals surface area contributed by atoms with Crippen molar-refractivity contribution in [1.29, 1.82) is 0 Å². The van der Waals surface area contributed by atoms with E-state index in [0.717, 1.165) is 5.56 Å². The van der Waals surface area contributed by atoms with Gasteiger partial charge in [-0.05, 0) is 31.2 Å². The van der Waals surface area contributed by atoms with Crippen molar-refractivity contribution >= 4 is 21.8 Å². The van der Waals surface area contributed by atoms with Crippen LogP contribution in [0.5, 0.6) is 0 Å². The third-order valence-corrected chi connectivity index (χ3v) is 3.91. The number of aryl methyl sites for hydroxylation is 1. The van der Waals surface area contributed by atoms with Crippen molar-refractivity contribution in [1.82, 2.24) is 4.98 Å². The molecule has 0 saturated heterocycles. The molecule has 2 rings (SSSR count). The molecule has 0 amide bonds. The van der Waals surface area contributed by atoms with E-state index in [1.165, 1.54) is 30.3 Å². The number of hydrogen-bond donors (Lipinski definition) is 2. The maximum Gasteiger partial charge on any atom is 0.354 e. The van der Waals surface area contributed by atoms with Crippen LogP contribution in [0.4, 0.5) is 5.82 Å². The summed E-state index contributed by atoms with van der Waals surface area (Å²) in [6, 6.07) is 10.4. The summed E-state index contributed by atoms with van der Waals surface area (Å²) in [6.45, 7) is 1.85. The number of aromatic nitrogens is 1. The van der Waals surface area contributed by atoms with Gasteiger partial charge < -0.3 is 5.11 Å². The van der Waals surface area contributed by atoms with E-state index < -0.39 is 16.0 Å². The highest BCUT2D eigenvalue weighted by atomic mass is 32.2. The van der Waals surface area contributed by atoms with Gasteiger partial charge in [0.25, 0.3) is 10.0 Å². The van der Waals surface area contributed by atoms with Gasteiger partial charge in [0.05, 0.1) is 4.90 Å². The van der Waals surface area contributed by atoms with Crippen LogP contribution in [0.2, 0.25) is 0 Å². The highest BCUT2D eigenvalue weighted by Crippen LogP contribution is 2.15. The highest BCUT2D eigenvalue weighted by molar-refractivity contribution is 7.92. The monoisotopic (exact) mass is 292 g/mol. The molecule has 0 spiro atoms. The van der Waals surface area contributed by atoms with Gasteiger partial charge in [0, 0.05) is 0 Å². The first-order valence-electron chi connectivity index (χ1n) is 5.68. The molecule has 0 fully saturated rings. The minimum Gasteiger partial charge on any atom is -0.477 e. The molecule has 20 heavy (non-hydrogen) atoms. The van der Waals surface area contributed by atoms with E-state index in [2.05, 4.69) is 9.71 Å². The summed E-state index contributed by atoms with van der Waals surface area (Å²) in [5.74, 6) is -1.26. The Kier molecular flexibility index (Phi) is 3.71. The lowest BCUT2D eigenvalue weighted by Crippen LogP contribution is -2.15. The van der Waals surface area contributed by atoms with Crippen molar-refractivity contribution in [3.63, 3.8) is 0 Å². The van der Waals surface area contributed by atoms with Crippen molar-refractivity contribution in [2.45, 2.75) is 11.8 Å². The van der Waals surface area contributed by atoms with E-state index in [0.29, 0.717) is 0 Å². The number of nitrogens with one attached hydrogen (secondary N) is 1. The lowest BCUT2D eigenvalue weighted by molar-refractivity contribution is 0.0690. The lowest BCUT2D eigenvalue weighted by Gasteiger charge is -2.08. The number of nitrogens with zero attached hydrogens (tertiary/aromatic N) is 1. The van der Waals surface area contributed by atoms with Crippen LogP contribution in [0.1, 0.15) is 16.1 Å². The predicted molar refractivity (Wildman–Crippen MR) is 73.2 cm³/mol. The lowest BCUT2D eigenvalue weighted by atomic mass is 10.2. The minimum absolute atomic E-state index is 0.0366. The smallest absolute Gasteiger partial charge is 0.354 e. The Morgan fingerprint density at radius 2 is 1.80 bits per heavy atom. The van der Waals surface area contributed by atoms with Crippen LogP contribution in [0.15, 0.2) is 47.4 Å². The van der Waals surface area contributed by atoms with Crippen LogP contribution in [0, 0.1) is 6.92 Å². The average Bonchev–Trinajstić information content (AvgIpc) is 2.39. The Bertz CT molecular complexity index is 739. The third-order valence-electron chi connectivity index (χ3n) is 2.54. The van der Waals surface area contributed by atoms with Gasteiger partial charge in [-0.1, -0.05) is 23.8 Å². The van der Waals surface area contributed by atoms with Crippen LogP contribution in [0.3, 0.4) is 0 Å². The molecule has 6 nitrogen and oxygen atoms in total. The van der Waals surface area contributed by atoms with Gasteiger partial charge in [-0.2, -0.15) is 0 Å². The number of hydrogen-bond acceptors (Lipinski definition) is 4. The number of carboxylic acid groups (broad SMARTS) is 1. The fourth-order valence-corrected chi connectivity index (χ4v) is 2.53. The number of pyridine rings is 1. The van der Waals surface area contributed by atoms with Crippen LogP contribution < -0.4 is 4.72 Å². The fraction of sp³-hybridized carbons (Fsp3) is 0.0769. The Morgan fingerprint density at radius 3 is 2.40 bits per heavy atom. The third kappa shape index (κ3) is 3.12. The summed E-state index contributed by atoms with van der Waals surface area (Å²) >= 11 is 0. The van der Waals surface area contributed by atoms with Crippen LogP contribution in [-0.2, 0) is 10.0 Å². The summed E-state index contributed by atoms with van der Waals surface area (Å²) in [7, 11) is -3.78. The molecule has 1 aromatic carbocycles. The summed E-state index contributed by atoms with van der Waals surface area (Å²) in [5, 5.41) is 8.82. The largest absolute Gasteiger partial charge is 0.477 e. The highest BCUT2D eigenvalue weighted by Gasteiger charge is 2.15. The molecule has 7 heteroatoms. The molecule has 0 unspecified atom stereocenters.